The van der Waals surface area contributed by atoms with Crippen molar-refractivity contribution in [1.29, 1.82) is 0 Å². The highest BCUT2D eigenvalue weighted by atomic mass is 16.5. The van der Waals surface area contributed by atoms with E-state index in [1.54, 1.807) is 23.9 Å². The molecule has 0 atom stereocenters. The van der Waals surface area contributed by atoms with Crippen molar-refractivity contribution in [2.45, 2.75) is 46.1 Å². The third-order valence-corrected chi connectivity index (χ3v) is 5.39. The topological polar surface area (TPSA) is 87.2 Å². The van der Waals surface area contributed by atoms with Crippen LogP contribution >= 0.6 is 0 Å². The van der Waals surface area contributed by atoms with Crippen LogP contribution in [-0.4, -0.2) is 78.7 Å². The van der Waals surface area contributed by atoms with Crippen molar-refractivity contribution in [1.82, 2.24) is 14.7 Å². The Morgan fingerprint density at radius 3 is 2.25 bits per heavy atom. The van der Waals surface area contributed by atoms with Gasteiger partial charge in [0.1, 0.15) is 6.61 Å². The predicted molar refractivity (Wildman–Crippen MR) is 120 cm³/mol. The average molecular weight is 446 g/mol. The minimum atomic E-state index is -0.172. The molecule has 1 saturated heterocycles. The highest BCUT2D eigenvalue weighted by molar-refractivity contribution is 6.00. The molecule has 4 amide bonds. The van der Waals surface area contributed by atoms with Crippen LogP contribution in [0.2, 0.25) is 0 Å². The first-order chi connectivity index (χ1) is 15.2. The Labute approximate surface area is 190 Å². The molecule has 1 aromatic rings. The molecular weight excluding hydrogens is 410 g/mol. The second kappa shape index (κ2) is 12.3. The summed E-state index contributed by atoms with van der Waals surface area (Å²) in [5, 5.41) is 0. The maximum atomic E-state index is 12.3. The smallest absolute Gasteiger partial charge is 0.248 e. The summed E-state index contributed by atoms with van der Waals surface area (Å²) >= 11 is 0. The molecule has 176 valence electrons. The fourth-order valence-corrected chi connectivity index (χ4v) is 3.28. The largest absolute Gasteiger partial charge is 0.372 e. The Balaban J connectivity index is 1.65. The van der Waals surface area contributed by atoms with Crippen LogP contribution in [0, 0.1) is 5.92 Å². The van der Waals surface area contributed by atoms with Gasteiger partial charge in [0.15, 0.2) is 0 Å². The third-order valence-electron chi connectivity index (χ3n) is 5.39. The number of imide groups is 1. The van der Waals surface area contributed by atoms with E-state index in [-0.39, 0.29) is 36.7 Å². The van der Waals surface area contributed by atoms with Crippen molar-refractivity contribution in [3.05, 3.63) is 35.4 Å². The molecule has 0 aromatic heterocycles. The van der Waals surface area contributed by atoms with Crippen LogP contribution in [0.3, 0.4) is 0 Å². The Morgan fingerprint density at radius 2 is 1.69 bits per heavy atom. The molecule has 32 heavy (non-hydrogen) atoms. The van der Waals surface area contributed by atoms with Crippen molar-refractivity contribution >= 4 is 23.6 Å². The number of nitrogens with zero attached hydrogens (tertiary/aromatic N) is 3. The molecule has 1 heterocycles. The molecule has 0 radical (unpaired) electrons. The van der Waals surface area contributed by atoms with Crippen LogP contribution in [0.25, 0.3) is 0 Å². The summed E-state index contributed by atoms with van der Waals surface area (Å²) in [4.78, 5) is 52.2. The number of hydrogen-bond donors (Lipinski definition) is 0. The van der Waals surface area contributed by atoms with Gasteiger partial charge < -0.3 is 14.5 Å². The maximum Gasteiger partial charge on any atom is 0.248 e. The van der Waals surface area contributed by atoms with Gasteiger partial charge in [-0.25, -0.2) is 0 Å². The van der Waals surface area contributed by atoms with E-state index < -0.39 is 0 Å². The van der Waals surface area contributed by atoms with Crippen molar-refractivity contribution in [3.63, 3.8) is 0 Å². The molecule has 0 N–H and O–H groups in total. The van der Waals surface area contributed by atoms with Crippen molar-refractivity contribution in [3.8, 4) is 0 Å². The molecule has 1 fully saturated rings. The second-order valence-corrected chi connectivity index (χ2v) is 8.75. The molecule has 8 nitrogen and oxygen atoms in total. The zero-order chi connectivity index (χ0) is 23.7. The molecule has 0 bridgehead atoms. The lowest BCUT2D eigenvalue weighted by Gasteiger charge is -2.28. The number of β-lactam (4-membered cyclic amide) rings is 1. The van der Waals surface area contributed by atoms with Crippen molar-refractivity contribution in [2.24, 2.45) is 5.92 Å². The monoisotopic (exact) mass is 445 g/mol. The predicted octanol–water partition coefficient (Wildman–Crippen LogP) is 1.86. The van der Waals surface area contributed by atoms with Crippen LogP contribution in [0.15, 0.2) is 24.3 Å². The first kappa shape index (κ1) is 25.5. The van der Waals surface area contributed by atoms with Gasteiger partial charge in [-0.05, 0) is 23.5 Å². The number of benzene rings is 1. The number of amides is 4. The standard InChI is InChI=1S/C24H35N3O5/c1-18(2)14-22(29)25(3)11-5-13-32-17-24(31)26(4)16-20-8-6-19(7-9-20)15-23(30)27-12-10-21(27)28/h6-9,18H,5,10-17H2,1-4H3. The molecule has 0 aliphatic carbocycles. The molecule has 2 rings (SSSR count). The number of carbonyl (C=O) groups excluding carboxylic acids is 4. The SMILES string of the molecule is CC(C)CC(=O)N(C)CCCOCC(=O)N(C)Cc1ccc(CC(=O)N2CCC2=O)cc1. The number of rotatable bonds is 12. The lowest BCUT2D eigenvalue weighted by atomic mass is 10.1. The van der Waals surface area contributed by atoms with E-state index in [4.69, 9.17) is 4.74 Å². The number of hydrogen-bond acceptors (Lipinski definition) is 5. The van der Waals surface area contributed by atoms with E-state index in [0.717, 1.165) is 11.1 Å². The number of ether oxygens (including phenoxy) is 1. The Hall–Kier alpha value is -2.74. The molecule has 8 heteroatoms. The Kier molecular flexibility index (Phi) is 9.84. The summed E-state index contributed by atoms with van der Waals surface area (Å²) in [7, 11) is 3.51. The molecule has 0 spiro atoms. The van der Waals surface area contributed by atoms with Crippen LogP contribution in [0.1, 0.15) is 44.2 Å². The van der Waals surface area contributed by atoms with Gasteiger partial charge in [-0.1, -0.05) is 38.1 Å². The zero-order valence-electron chi connectivity index (χ0n) is 19.6. The highest BCUT2D eigenvalue weighted by Gasteiger charge is 2.29. The summed E-state index contributed by atoms with van der Waals surface area (Å²) in [5.41, 5.74) is 1.79. The van der Waals surface area contributed by atoms with Crippen LogP contribution in [0.5, 0.6) is 0 Å². The van der Waals surface area contributed by atoms with E-state index in [2.05, 4.69) is 0 Å². The Morgan fingerprint density at radius 1 is 1.03 bits per heavy atom. The Bertz CT molecular complexity index is 806. The summed E-state index contributed by atoms with van der Waals surface area (Å²) in [6.07, 6.45) is 1.87. The van der Waals surface area contributed by atoms with E-state index >= 15 is 0 Å². The first-order valence-corrected chi connectivity index (χ1v) is 11.1. The van der Waals surface area contributed by atoms with Gasteiger partial charge in [-0.3, -0.25) is 24.1 Å². The summed E-state index contributed by atoms with van der Waals surface area (Å²) in [5.74, 6) is 0.0589. The van der Waals surface area contributed by atoms with Gasteiger partial charge in [0.25, 0.3) is 0 Å². The van der Waals surface area contributed by atoms with Crippen LogP contribution < -0.4 is 0 Å². The minimum Gasteiger partial charge on any atom is -0.372 e. The fourth-order valence-electron chi connectivity index (χ4n) is 3.28. The van der Waals surface area contributed by atoms with E-state index in [1.165, 1.54) is 4.90 Å². The minimum absolute atomic E-state index is 0.00337. The number of carbonyl (C=O) groups is 4. The number of likely N-dealkylation sites (tertiary alicyclic amines) is 1. The molecule has 1 aliphatic heterocycles. The van der Waals surface area contributed by atoms with Crippen LogP contribution in [0.4, 0.5) is 0 Å². The maximum absolute atomic E-state index is 12.3. The van der Waals surface area contributed by atoms with E-state index in [0.29, 0.717) is 51.4 Å². The van der Waals surface area contributed by atoms with Crippen molar-refractivity contribution in [2.75, 3.05) is 40.4 Å². The van der Waals surface area contributed by atoms with Gasteiger partial charge in [-0.2, -0.15) is 0 Å². The third kappa shape index (κ3) is 8.07. The fraction of sp³-hybridized carbons (Fsp3) is 0.583. The molecule has 0 saturated carbocycles. The lowest BCUT2D eigenvalue weighted by Crippen LogP contribution is -2.48. The van der Waals surface area contributed by atoms with Gasteiger partial charge >= 0.3 is 0 Å². The zero-order valence-corrected chi connectivity index (χ0v) is 19.6. The lowest BCUT2D eigenvalue weighted by molar-refractivity contribution is -0.152. The van der Waals surface area contributed by atoms with Crippen molar-refractivity contribution < 1.29 is 23.9 Å². The summed E-state index contributed by atoms with van der Waals surface area (Å²) < 4.78 is 5.48. The van der Waals surface area contributed by atoms with Crippen LogP contribution in [-0.2, 0) is 36.9 Å². The molecule has 0 unspecified atom stereocenters. The number of likely N-dealkylation sites (N-methyl/N-ethyl adjacent to an activating group) is 1. The molecular formula is C24H35N3O5. The van der Waals surface area contributed by atoms with Gasteiger partial charge in [0, 0.05) is 53.2 Å². The normalized spacial score (nSPS) is 13.2. The summed E-state index contributed by atoms with van der Waals surface area (Å²) in [6.45, 7) is 6.01. The quantitative estimate of drug-likeness (QED) is 0.362. The molecule has 1 aliphatic rings. The van der Waals surface area contributed by atoms with Gasteiger partial charge in [0.05, 0.1) is 6.42 Å². The summed E-state index contributed by atoms with van der Waals surface area (Å²) in [6, 6.07) is 7.47. The van der Waals surface area contributed by atoms with E-state index in [9.17, 15) is 19.2 Å². The average Bonchev–Trinajstić information content (AvgIpc) is 2.72. The first-order valence-electron chi connectivity index (χ1n) is 11.1. The molecule has 1 aromatic carbocycles. The van der Waals surface area contributed by atoms with Gasteiger partial charge in [0.2, 0.25) is 23.6 Å². The second-order valence-electron chi connectivity index (χ2n) is 8.75. The van der Waals surface area contributed by atoms with Gasteiger partial charge in [-0.15, -0.1) is 0 Å². The van der Waals surface area contributed by atoms with E-state index in [1.807, 2.05) is 38.1 Å². The highest BCUT2D eigenvalue weighted by Crippen LogP contribution is 2.13.